The van der Waals surface area contributed by atoms with E-state index in [1.807, 2.05) is 0 Å². The Labute approximate surface area is 206 Å². The van der Waals surface area contributed by atoms with Crippen molar-refractivity contribution >= 4 is 29.3 Å². The number of hydrogen-bond acceptors (Lipinski definition) is 5. The van der Waals surface area contributed by atoms with Crippen LogP contribution in [0.25, 0.3) is 0 Å². The molecule has 0 aliphatic carbocycles. The maximum Gasteiger partial charge on any atom is 0.573 e. The number of halogens is 4. The molecular weight excluding hydrogens is 507 g/mol. The number of carboxylic acid groups (broad SMARTS) is 1. The van der Waals surface area contributed by atoms with Gasteiger partial charge in [-0.15, -0.1) is 13.2 Å². The molecule has 13 heteroatoms. The SMILES string of the molecule is O=C(O)C[C@H](NC(=O)Nc1c(O)ccn(Cc2ccccc2Cl)c1=O)c1cccc(OC(F)(F)F)c1. The molecule has 2 aromatic carbocycles. The van der Waals surface area contributed by atoms with Gasteiger partial charge in [0.15, 0.2) is 5.69 Å². The fourth-order valence-corrected chi connectivity index (χ4v) is 3.48. The fraction of sp³-hybridized carbons (Fsp3) is 0.174. The number of anilines is 1. The van der Waals surface area contributed by atoms with Crippen LogP contribution in [-0.4, -0.2) is 33.1 Å². The molecule has 0 aliphatic rings. The summed E-state index contributed by atoms with van der Waals surface area (Å²) in [5, 5.41) is 24.2. The van der Waals surface area contributed by atoms with Crippen LogP contribution in [0.2, 0.25) is 5.02 Å². The number of pyridine rings is 1. The number of aliphatic carboxylic acids is 1. The van der Waals surface area contributed by atoms with Gasteiger partial charge in [-0.3, -0.25) is 9.59 Å². The zero-order valence-electron chi connectivity index (χ0n) is 18.3. The Morgan fingerprint density at radius 1 is 1.11 bits per heavy atom. The first-order valence-corrected chi connectivity index (χ1v) is 10.6. The van der Waals surface area contributed by atoms with Crippen LogP contribution in [0.3, 0.4) is 0 Å². The largest absolute Gasteiger partial charge is 0.573 e. The number of rotatable bonds is 8. The van der Waals surface area contributed by atoms with E-state index in [9.17, 15) is 37.8 Å². The van der Waals surface area contributed by atoms with E-state index in [2.05, 4.69) is 15.4 Å². The van der Waals surface area contributed by atoms with Gasteiger partial charge in [-0.05, 0) is 35.4 Å². The van der Waals surface area contributed by atoms with E-state index in [1.165, 1.54) is 29.0 Å². The van der Waals surface area contributed by atoms with Crippen molar-refractivity contribution < 1.29 is 37.7 Å². The maximum absolute atomic E-state index is 12.9. The molecule has 1 aromatic heterocycles. The average Bonchev–Trinajstić information content (AvgIpc) is 2.78. The summed E-state index contributed by atoms with van der Waals surface area (Å²) in [5.41, 5.74) is -0.668. The van der Waals surface area contributed by atoms with Crippen LogP contribution in [0.5, 0.6) is 11.5 Å². The number of ether oxygens (including phenoxy) is 1. The van der Waals surface area contributed by atoms with Gasteiger partial charge >= 0.3 is 18.4 Å². The monoisotopic (exact) mass is 525 g/mol. The quantitative estimate of drug-likeness (QED) is 0.343. The number of aromatic hydroxyl groups is 1. The van der Waals surface area contributed by atoms with Gasteiger partial charge in [0.1, 0.15) is 11.5 Å². The smallest absolute Gasteiger partial charge is 0.505 e. The summed E-state index contributed by atoms with van der Waals surface area (Å²) in [6.07, 6.45) is -4.37. The summed E-state index contributed by atoms with van der Waals surface area (Å²) in [5.74, 6) is -2.52. The van der Waals surface area contributed by atoms with E-state index in [4.69, 9.17) is 11.6 Å². The Kier molecular flexibility index (Phi) is 8.10. The first kappa shape index (κ1) is 26.4. The standard InChI is InChI=1S/C23H19ClF3N3O6/c24-16-7-2-1-4-14(16)12-30-9-8-18(31)20(21(30)34)29-22(35)28-17(11-19(32)33)13-5-3-6-15(10-13)36-23(25,26)27/h1-10,17,31H,11-12H2,(H,32,33)(H2,28,29,35)/t17-/m0/s1. The van der Waals surface area contributed by atoms with Gasteiger partial charge in [-0.1, -0.05) is 41.9 Å². The molecule has 0 spiro atoms. The van der Waals surface area contributed by atoms with Crippen molar-refractivity contribution in [2.45, 2.75) is 25.4 Å². The number of aromatic nitrogens is 1. The summed E-state index contributed by atoms with van der Waals surface area (Å²) in [7, 11) is 0. The second-order valence-corrected chi connectivity index (χ2v) is 7.88. The second kappa shape index (κ2) is 11.0. The molecule has 1 heterocycles. The molecule has 2 amide bonds. The number of carbonyl (C=O) groups excluding carboxylic acids is 1. The molecule has 0 fully saturated rings. The Morgan fingerprint density at radius 2 is 1.83 bits per heavy atom. The molecule has 3 rings (SSSR count). The molecule has 1 atom stereocenters. The molecule has 0 aliphatic heterocycles. The highest BCUT2D eigenvalue weighted by molar-refractivity contribution is 6.31. The summed E-state index contributed by atoms with van der Waals surface area (Å²) in [6.45, 7) is 0.0305. The van der Waals surface area contributed by atoms with Crippen molar-refractivity contribution in [1.82, 2.24) is 9.88 Å². The summed E-state index contributed by atoms with van der Waals surface area (Å²) >= 11 is 6.12. The third-order valence-electron chi connectivity index (χ3n) is 4.86. The van der Waals surface area contributed by atoms with Gasteiger partial charge in [-0.25, -0.2) is 4.79 Å². The lowest BCUT2D eigenvalue weighted by Crippen LogP contribution is -2.36. The zero-order chi connectivity index (χ0) is 26.5. The van der Waals surface area contributed by atoms with Gasteiger partial charge < -0.3 is 30.2 Å². The van der Waals surface area contributed by atoms with Gasteiger partial charge in [-0.2, -0.15) is 0 Å². The lowest BCUT2D eigenvalue weighted by molar-refractivity contribution is -0.274. The van der Waals surface area contributed by atoms with E-state index in [-0.39, 0.29) is 12.1 Å². The zero-order valence-corrected chi connectivity index (χ0v) is 19.0. The molecule has 0 saturated carbocycles. The molecule has 190 valence electrons. The number of nitrogens with zero attached hydrogens (tertiary/aromatic N) is 1. The predicted octanol–water partition coefficient (Wildman–Crippen LogP) is 4.49. The molecule has 0 unspecified atom stereocenters. The van der Waals surface area contributed by atoms with Crippen molar-refractivity contribution in [2.75, 3.05) is 5.32 Å². The number of benzene rings is 2. The fourth-order valence-electron chi connectivity index (χ4n) is 3.28. The van der Waals surface area contributed by atoms with E-state index in [0.29, 0.717) is 10.6 Å². The van der Waals surface area contributed by atoms with Gasteiger partial charge in [0.2, 0.25) is 0 Å². The van der Waals surface area contributed by atoms with Crippen LogP contribution in [0, 0.1) is 0 Å². The highest BCUT2D eigenvalue weighted by Gasteiger charge is 2.31. The van der Waals surface area contributed by atoms with E-state index >= 15 is 0 Å². The van der Waals surface area contributed by atoms with Gasteiger partial charge in [0.05, 0.1) is 19.0 Å². The Hall–Kier alpha value is -4.19. The number of amides is 2. The predicted molar refractivity (Wildman–Crippen MR) is 123 cm³/mol. The van der Waals surface area contributed by atoms with Crippen LogP contribution in [-0.2, 0) is 11.3 Å². The number of nitrogens with one attached hydrogen (secondary N) is 2. The number of carboxylic acids is 1. The molecule has 0 bridgehead atoms. The third-order valence-corrected chi connectivity index (χ3v) is 5.23. The van der Waals surface area contributed by atoms with E-state index < -0.39 is 53.6 Å². The van der Waals surface area contributed by atoms with E-state index in [1.54, 1.807) is 24.3 Å². The Morgan fingerprint density at radius 3 is 2.50 bits per heavy atom. The molecule has 3 aromatic rings. The topological polar surface area (TPSA) is 130 Å². The first-order valence-electron chi connectivity index (χ1n) is 10.2. The molecule has 9 nitrogen and oxygen atoms in total. The summed E-state index contributed by atoms with van der Waals surface area (Å²) in [4.78, 5) is 36.8. The minimum absolute atomic E-state index is 0.00251. The minimum atomic E-state index is -4.97. The number of urea groups is 1. The lowest BCUT2D eigenvalue weighted by atomic mass is 10.0. The third kappa shape index (κ3) is 7.15. The second-order valence-electron chi connectivity index (χ2n) is 7.47. The molecule has 36 heavy (non-hydrogen) atoms. The minimum Gasteiger partial charge on any atom is -0.505 e. The first-order chi connectivity index (χ1) is 16.9. The average molecular weight is 526 g/mol. The van der Waals surface area contributed by atoms with Crippen LogP contribution in [0.1, 0.15) is 23.6 Å². The normalized spacial score (nSPS) is 12.0. The summed E-state index contributed by atoms with van der Waals surface area (Å²) in [6, 6.07) is 9.98. The summed E-state index contributed by atoms with van der Waals surface area (Å²) < 4.78 is 42.7. The molecule has 0 radical (unpaired) electrons. The maximum atomic E-state index is 12.9. The van der Waals surface area contributed by atoms with Gasteiger partial charge in [0, 0.05) is 11.2 Å². The van der Waals surface area contributed by atoms with Crippen molar-refractivity contribution in [3.8, 4) is 11.5 Å². The highest BCUT2D eigenvalue weighted by Crippen LogP contribution is 2.27. The van der Waals surface area contributed by atoms with Crippen LogP contribution in [0.15, 0.2) is 65.6 Å². The molecular formula is C23H19ClF3N3O6. The van der Waals surface area contributed by atoms with Crippen molar-refractivity contribution in [3.63, 3.8) is 0 Å². The van der Waals surface area contributed by atoms with E-state index in [0.717, 1.165) is 12.1 Å². The highest BCUT2D eigenvalue weighted by atomic mass is 35.5. The van der Waals surface area contributed by atoms with Crippen molar-refractivity contribution in [3.05, 3.63) is 87.3 Å². The number of carbonyl (C=O) groups is 2. The van der Waals surface area contributed by atoms with Gasteiger partial charge in [0.25, 0.3) is 5.56 Å². The number of alkyl halides is 3. The number of hydrogen-bond donors (Lipinski definition) is 4. The van der Waals surface area contributed by atoms with Crippen molar-refractivity contribution in [2.24, 2.45) is 0 Å². The van der Waals surface area contributed by atoms with Crippen LogP contribution in [0.4, 0.5) is 23.7 Å². The van der Waals surface area contributed by atoms with Crippen LogP contribution < -0.4 is 20.9 Å². The molecule has 0 saturated heterocycles. The Balaban J connectivity index is 1.82. The lowest BCUT2D eigenvalue weighted by Gasteiger charge is -2.19. The van der Waals surface area contributed by atoms with Crippen LogP contribution >= 0.6 is 11.6 Å². The Bertz CT molecular complexity index is 1330. The molecule has 4 N–H and O–H groups in total. The van der Waals surface area contributed by atoms with Crippen molar-refractivity contribution in [1.29, 1.82) is 0 Å².